The molecule has 0 bridgehead atoms. The molecule has 0 aromatic rings. The summed E-state index contributed by atoms with van der Waals surface area (Å²) in [5, 5.41) is 1.20. The van der Waals surface area contributed by atoms with Crippen LogP contribution < -0.4 is 17.0 Å². The van der Waals surface area contributed by atoms with Gasteiger partial charge in [-0.2, -0.15) is 0 Å². The summed E-state index contributed by atoms with van der Waals surface area (Å²) in [6.45, 7) is 2.60. The van der Waals surface area contributed by atoms with Gasteiger partial charge in [-0.05, 0) is 32.1 Å². The Kier molecular flexibility index (Phi) is 8.47. The molecular weight excluding hydrogens is 311 g/mol. The van der Waals surface area contributed by atoms with Gasteiger partial charge in [0.1, 0.15) is 0 Å². The first kappa shape index (κ1) is 14.4. The molecule has 0 aliphatic carbocycles. The van der Waals surface area contributed by atoms with Crippen molar-refractivity contribution in [3.63, 3.8) is 0 Å². The van der Waals surface area contributed by atoms with E-state index < -0.39 is 7.26 Å². The molecule has 0 aromatic heterocycles. The lowest BCUT2D eigenvalue weighted by Crippen LogP contribution is -3.00. The minimum absolute atomic E-state index is 0. The standard InChI is InChI=1S/C10H21BrP.BrH/c1-12(10-6-3-7-11)8-4-2-5-9-12;/h2-10H2,1H3;1H/q+1;/p-1. The molecule has 0 unspecified atom stereocenters. The topological polar surface area (TPSA) is 0 Å². The van der Waals surface area contributed by atoms with Crippen molar-refractivity contribution in [3.8, 4) is 0 Å². The second-order valence-electron chi connectivity index (χ2n) is 4.25. The molecule has 0 nitrogen and oxygen atoms in total. The molecule has 1 aliphatic rings. The predicted octanol–water partition coefficient (Wildman–Crippen LogP) is 0.997. The molecule has 0 radical (unpaired) electrons. The molecule has 1 heterocycles. The fourth-order valence-electron chi connectivity index (χ4n) is 2.09. The highest BCUT2D eigenvalue weighted by Crippen LogP contribution is 2.59. The second-order valence-corrected chi connectivity index (χ2v) is 9.62. The SMILES string of the molecule is C[P+]1(CCCCBr)CCCCC1.[Br-]. The Balaban J connectivity index is 0.00000144. The van der Waals surface area contributed by atoms with Gasteiger partial charge in [0.05, 0.1) is 18.5 Å². The number of unbranched alkanes of at least 4 members (excludes halogenated alkanes) is 1. The van der Waals surface area contributed by atoms with Crippen molar-refractivity contribution in [1.82, 2.24) is 0 Å². The van der Waals surface area contributed by atoms with Gasteiger partial charge in [0.25, 0.3) is 0 Å². The lowest BCUT2D eigenvalue weighted by Gasteiger charge is -2.26. The van der Waals surface area contributed by atoms with Crippen LogP contribution in [0.3, 0.4) is 0 Å². The molecule has 0 saturated carbocycles. The van der Waals surface area contributed by atoms with Crippen LogP contribution in [0.1, 0.15) is 32.1 Å². The Morgan fingerprint density at radius 2 is 1.69 bits per heavy atom. The maximum atomic E-state index is 3.50. The van der Waals surface area contributed by atoms with Crippen LogP contribution in [-0.2, 0) is 0 Å². The van der Waals surface area contributed by atoms with Crippen molar-refractivity contribution in [1.29, 1.82) is 0 Å². The fraction of sp³-hybridized carbons (Fsp3) is 1.00. The molecule has 0 spiro atoms. The van der Waals surface area contributed by atoms with E-state index in [2.05, 4.69) is 22.6 Å². The Hall–Kier alpha value is 1.39. The van der Waals surface area contributed by atoms with E-state index in [0.717, 1.165) is 0 Å². The number of rotatable bonds is 4. The van der Waals surface area contributed by atoms with E-state index in [1.54, 1.807) is 18.5 Å². The number of hydrogen-bond donors (Lipinski definition) is 0. The minimum atomic E-state index is -0.414. The third kappa shape index (κ3) is 5.74. The Bertz CT molecular complexity index is 122. The van der Waals surface area contributed by atoms with Gasteiger partial charge in [0.15, 0.2) is 0 Å². The average Bonchev–Trinajstić information content (AvgIpc) is 2.06. The van der Waals surface area contributed by atoms with Crippen LogP contribution in [0.2, 0.25) is 0 Å². The molecule has 0 aromatic carbocycles. The first-order valence-electron chi connectivity index (χ1n) is 5.16. The van der Waals surface area contributed by atoms with Crippen molar-refractivity contribution in [2.24, 2.45) is 0 Å². The first-order valence-corrected chi connectivity index (χ1v) is 9.08. The maximum absolute atomic E-state index is 3.50. The average molecular weight is 332 g/mol. The second kappa shape index (κ2) is 7.65. The van der Waals surface area contributed by atoms with Crippen LogP contribution in [-0.4, -0.2) is 30.5 Å². The first-order chi connectivity index (χ1) is 5.77. The fourth-order valence-corrected chi connectivity index (χ4v) is 6.12. The summed E-state index contributed by atoms with van der Waals surface area (Å²) in [6, 6.07) is 0. The summed E-state index contributed by atoms with van der Waals surface area (Å²) >= 11 is 3.50. The van der Waals surface area contributed by atoms with Crippen LogP contribution in [0.25, 0.3) is 0 Å². The van der Waals surface area contributed by atoms with E-state index in [0.29, 0.717) is 0 Å². The maximum Gasteiger partial charge on any atom is 0.0591 e. The largest absolute Gasteiger partial charge is 1.00 e. The quantitative estimate of drug-likeness (QED) is 0.409. The van der Waals surface area contributed by atoms with Gasteiger partial charge >= 0.3 is 0 Å². The van der Waals surface area contributed by atoms with E-state index in [9.17, 15) is 0 Å². The van der Waals surface area contributed by atoms with Crippen molar-refractivity contribution in [2.45, 2.75) is 32.1 Å². The van der Waals surface area contributed by atoms with Gasteiger partial charge < -0.3 is 17.0 Å². The van der Waals surface area contributed by atoms with Gasteiger partial charge in [-0.15, -0.1) is 0 Å². The summed E-state index contributed by atoms with van der Waals surface area (Å²) in [7, 11) is -0.414. The molecular formula is C10H21Br2P. The van der Waals surface area contributed by atoms with Gasteiger partial charge in [-0.1, -0.05) is 15.9 Å². The van der Waals surface area contributed by atoms with Crippen molar-refractivity contribution in [3.05, 3.63) is 0 Å². The predicted molar refractivity (Wildman–Crippen MR) is 64.3 cm³/mol. The van der Waals surface area contributed by atoms with Crippen molar-refractivity contribution < 1.29 is 17.0 Å². The number of halogens is 2. The van der Waals surface area contributed by atoms with Gasteiger partial charge in [0.2, 0.25) is 0 Å². The number of hydrogen-bond acceptors (Lipinski definition) is 0. The normalized spacial score (nSPS) is 20.8. The molecule has 1 fully saturated rings. The van der Waals surface area contributed by atoms with Crippen LogP contribution in [0, 0.1) is 0 Å². The monoisotopic (exact) mass is 330 g/mol. The van der Waals surface area contributed by atoms with E-state index in [-0.39, 0.29) is 17.0 Å². The van der Waals surface area contributed by atoms with Crippen LogP contribution >= 0.6 is 23.2 Å². The van der Waals surface area contributed by atoms with Crippen LogP contribution in [0.5, 0.6) is 0 Å². The molecule has 0 amide bonds. The lowest BCUT2D eigenvalue weighted by molar-refractivity contribution is -0.00000262. The number of alkyl halides is 1. The zero-order chi connectivity index (χ0) is 8.86. The molecule has 3 heteroatoms. The van der Waals surface area contributed by atoms with E-state index >= 15 is 0 Å². The molecule has 1 saturated heterocycles. The molecule has 80 valence electrons. The summed E-state index contributed by atoms with van der Waals surface area (Å²) in [6.07, 6.45) is 12.2. The van der Waals surface area contributed by atoms with Gasteiger partial charge in [0, 0.05) is 19.3 Å². The Labute approximate surface area is 102 Å². The summed E-state index contributed by atoms with van der Waals surface area (Å²) in [4.78, 5) is 0. The Morgan fingerprint density at radius 3 is 2.23 bits per heavy atom. The molecule has 1 aliphatic heterocycles. The van der Waals surface area contributed by atoms with Crippen LogP contribution in [0.15, 0.2) is 0 Å². The van der Waals surface area contributed by atoms with Crippen molar-refractivity contribution >= 4 is 23.2 Å². The van der Waals surface area contributed by atoms with E-state index in [1.165, 1.54) is 37.4 Å². The highest BCUT2D eigenvalue weighted by atomic mass is 79.9. The van der Waals surface area contributed by atoms with Gasteiger partial charge in [-0.25, -0.2) is 0 Å². The highest BCUT2D eigenvalue weighted by Gasteiger charge is 2.32. The molecule has 0 atom stereocenters. The Morgan fingerprint density at radius 1 is 1.08 bits per heavy atom. The summed E-state index contributed by atoms with van der Waals surface area (Å²) in [5.41, 5.74) is 0. The van der Waals surface area contributed by atoms with Gasteiger partial charge in [-0.3, -0.25) is 0 Å². The third-order valence-corrected chi connectivity index (χ3v) is 7.73. The van der Waals surface area contributed by atoms with E-state index in [1.807, 2.05) is 0 Å². The van der Waals surface area contributed by atoms with Crippen molar-refractivity contribution in [2.75, 3.05) is 30.5 Å². The summed E-state index contributed by atoms with van der Waals surface area (Å²) < 4.78 is 0. The molecule has 13 heavy (non-hydrogen) atoms. The zero-order valence-electron chi connectivity index (χ0n) is 8.57. The molecule has 1 rings (SSSR count). The lowest BCUT2D eigenvalue weighted by atomic mass is 10.3. The zero-order valence-corrected chi connectivity index (χ0v) is 12.6. The molecule has 0 N–H and O–H groups in total. The van der Waals surface area contributed by atoms with Crippen LogP contribution in [0.4, 0.5) is 0 Å². The highest BCUT2D eigenvalue weighted by molar-refractivity contribution is 9.09. The minimum Gasteiger partial charge on any atom is -1.00 e. The summed E-state index contributed by atoms with van der Waals surface area (Å²) in [5.74, 6) is 0. The van der Waals surface area contributed by atoms with E-state index in [4.69, 9.17) is 0 Å². The smallest absolute Gasteiger partial charge is 0.0591 e. The third-order valence-electron chi connectivity index (χ3n) is 2.98.